The van der Waals surface area contributed by atoms with Crippen molar-refractivity contribution in [1.82, 2.24) is 10.6 Å². The van der Waals surface area contributed by atoms with E-state index in [0.29, 0.717) is 0 Å². The lowest BCUT2D eigenvalue weighted by Gasteiger charge is -2.32. The molecular weight excluding hydrogens is 284 g/mol. The highest BCUT2D eigenvalue weighted by Crippen LogP contribution is 2.40. The number of amides is 1. The molecular formula is C17H29ClN2O. The minimum Gasteiger partial charge on any atom is -0.349 e. The van der Waals surface area contributed by atoms with Crippen LogP contribution >= 0.6 is 12.4 Å². The number of nitrogens with one attached hydrogen (secondary N) is 2. The van der Waals surface area contributed by atoms with Gasteiger partial charge < -0.3 is 10.6 Å². The summed E-state index contributed by atoms with van der Waals surface area (Å²) < 4.78 is 0. The van der Waals surface area contributed by atoms with E-state index in [9.17, 15) is 4.79 Å². The van der Waals surface area contributed by atoms with Gasteiger partial charge in [-0.15, -0.1) is 12.4 Å². The van der Waals surface area contributed by atoms with Crippen LogP contribution in [0.3, 0.4) is 0 Å². The Morgan fingerprint density at radius 1 is 1.38 bits per heavy atom. The molecule has 1 heterocycles. The normalized spacial score (nSPS) is 25.6. The summed E-state index contributed by atoms with van der Waals surface area (Å²) >= 11 is 0. The number of carbonyl (C=O) groups excluding carboxylic acids is 1. The molecule has 1 amide bonds. The Hall–Kier alpha value is -0.800. The Labute approximate surface area is 135 Å². The number of piperidine rings is 1. The molecule has 1 fully saturated rings. The maximum Gasteiger partial charge on any atom is 0.244 e. The van der Waals surface area contributed by atoms with E-state index in [1.54, 1.807) is 6.08 Å². The lowest BCUT2D eigenvalue weighted by atomic mass is 9.72. The van der Waals surface area contributed by atoms with Gasteiger partial charge in [-0.25, -0.2) is 0 Å². The van der Waals surface area contributed by atoms with Gasteiger partial charge in [0, 0.05) is 18.7 Å². The lowest BCUT2D eigenvalue weighted by Crippen LogP contribution is -2.45. The average Bonchev–Trinajstić information content (AvgIpc) is 2.38. The van der Waals surface area contributed by atoms with E-state index in [2.05, 4.69) is 31.4 Å². The number of carbonyl (C=O) groups is 1. The van der Waals surface area contributed by atoms with E-state index < -0.39 is 0 Å². The van der Waals surface area contributed by atoms with Gasteiger partial charge in [0.2, 0.25) is 5.91 Å². The number of allylic oxidation sites excluding steroid dienone is 3. The molecule has 0 saturated carbocycles. The van der Waals surface area contributed by atoms with Crippen LogP contribution in [-0.4, -0.2) is 25.0 Å². The Kier molecular flexibility index (Phi) is 6.95. The highest BCUT2D eigenvalue weighted by atomic mass is 35.5. The zero-order valence-electron chi connectivity index (χ0n) is 13.5. The van der Waals surface area contributed by atoms with Crippen molar-refractivity contribution in [2.75, 3.05) is 13.1 Å². The Morgan fingerprint density at radius 2 is 2.14 bits per heavy atom. The Bertz CT molecular complexity index is 421. The van der Waals surface area contributed by atoms with E-state index in [4.69, 9.17) is 0 Å². The van der Waals surface area contributed by atoms with Gasteiger partial charge in [0.25, 0.3) is 0 Å². The van der Waals surface area contributed by atoms with Gasteiger partial charge >= 0.3 is 0 Å². The fourth-order valence-electron chi connectivity index (χ4n) is 3.39. The van der Waals surface area contributed by atoms with Crippen molar-refractivity contribution < 1.29 is 4.79 Å². The second kappa shape index (κ2) is 8.00. The van der Waals surface area contributed by atoms with E-state index in [1.165, 1.54) is 24.0 Å². The highest BCUT2D eigenvalue weighted by molar-refractivity contribution is 5.88. The molecule has 0 aromatic heterocycles. The van der Waals surface area contributed by atoms with E-state index in [1.807, 2.05) is 6.08 Å². The smallest absolute Gasteiger partial charge is 0.244 e. The third-order valence-electron chi connectivity index (χ3n) is 4.59. The van der Waals surface area contributed by atoms with Crippen LogP contribution in [0.25, 0.3) is 0 Å². The average molecular weight is 313 g/mol. The van der Waals surface area contributed by atoms with Crippen molar-refractivity contribution in [2.24, 2.45) is 5.41 Å². The van der Waals surface area contributed by atoms with Gasteiger partial charge in [0.1, 0.15) is 0 Å². The Morgan fingerprint density at radius 3 is 2.76 bits per heavy atom. The number of halogens is 1. The Balaban J connectivity index is 0.00000220. The molecule has 21 heavy (non-hydrogen) atoms. The van der Waals surface area contributed by atoms with Crippen molar-refractivity contribution in [3.63, 3.8) is 0 Å². The minimum absolute atomic E-state index is 0. The molecule has 0 spiro atoms. The third-order valence-corrected chi connectivity index (χ3v) is 4.59. The number of hydrogen-bond donors (Lipinski definition) is 2. The summed E-state index contributed by atoms with van der Waals surface area (Å²) in [7, 11) is 0. The molecule has 2 aliphatic rings. The molecule has 1 atom stereocenters. The van der Waals surface area contributed by atoms with Crippen molar-refractivity contribution in [1.29, 1.82) is 0 Å². The van der Waals surface area contributed by atoms with Crippen LogP contribution in [0, 0.1) is 5.41 Å². The second-order valence-electron chi connectivity index (χ2n) is 6.82. The highest BCUT2D eigenvalue weighted by Gasteiger charge is 2.26. The first-order valence-electron chi connectivity index (χ1n) is 7.88. The van der Waals surface area contributed by atoms with Crippen LogP contribution in [0.5, 0.6) is 0 Å². The largest absolute Gasteiger partial charge is 0.349 e. The molecule has 1 saturated heterocycles. The molecule has 2 N–H and O–H groups in total. The van der Waals surface area contributed by atoms with Crippen LogP contribution in [0.2, 0.25) is 0 Å². The SMILES string of the molecule is CC1=C(/C=C/C(=O)NC2CCCNC2)C(C)(C)CCC1.Cl. The monoisotopic (exact) mass is 312 g/mol. The summed E-state index contributed by atoms with van der Waals surface area (Å²) in [4.78, 5) is 12.0. The molecule has 0 aromatic carbocycles. The van der Waals surface area contributed by atoms with Crippen molar-refractivity contribution in [3.05, 3.63) is 23.3 Å². The van der Waals surface area contributed by atoms with E-state index in [0.717, 1.165) is 32.4 Å². The summed E-state index contributed by atoms with van der Waals surface area (Å²) in [5, 5.41) is 6.41. The predicted octanol–water partition coefficient (Wildman–Crippen LogP) is 3.36. The molecule has 2 rings (SSSR count). The van der Waals surface area contributed by atoms with Crippen LogP contribution < -0.4 is 10.6 Å². The molecule has 1 unspecified atom stereocenters. The van der Waals surface area contributed by atoms with Crippen LogP contribution in [0.4, 0.5) is 0 Å². The van der Waals surface area contributed by atoms with Crippen LogP contribution in [0.15, 0.2) is 23.3 Å². The molecule has 1 aliphatic heterocycles. The molecule has 0 aromatic rings. The summed E-state index contributed by atoms with van der Waals surface area (Å²) in [5.74, 6) is 0.0420. The van der Waals surface area contributed by atoms with Crippen molar-refractivity contribution in [2.45, 2.75) is 58.9 Å². The molecule has 4 heteroatoms. The standard InChI is InChI=1S/C17H28N2O.ClH/c1-13-6-4-10-17(2,3)15(13)8-9-16(20)19-14-7-5-11-18-12-14;/h8-9,14,18H,4-7,10-12H2,1-3H3,(H,19,20);1H/b9-8+;. The summed E-state index contributed by atoms with van der Waals surface area (Å²) in [6, 6.07) is 0.287. The maximum absolute atomic E-state index is 12.0. The van der Waals surface area contributed by atoms with Gasteiger partial charge in [-0.3, -0.25) is 4.79 Å². The summed E-state index contributed by atoms with van der Waals surface area (Å²) in [6.07, 6.45) is 9.62. The van der Waals surface area contributed by atoms with Crippen LogP contribution in [0.1, 0.15) is 52.9 Å². The molecule has 0 bridgehead atoms. The van der Waals surface area contributed by atoms with Crippen LogP contribution in [-0.2, 0) is 4.79 Å². The molecule has 0 radical (unpaired) electrons. The first-order chi connectivity index (χ1) is 9.49. The number of hydrogen-bond acceptors (Lipinski definition) is 2. The number of rotatable bonds is 3. The second-order valence-corrected chi connectivity index (χ2v) is 6.82. The zero-order valence-corrected chi connectivity index (χ0v) is 14.3. The molecule has 120 valence electrons. The van der Waals surface area contributed by atoms with Gasteiger partial charge in [-0.2, -0.15) is 0 Å². The molecule has 1 aliphatic carbocycles. The van der Waals surface area contributed by atoms with Gasteiger partial charge in [-0.05, 0) is 56.6 Å². The van der Waals surface area contributed by atoms with Crippen molar-refractivity contribution in [3.8, 4) is 0 Å². The van der Waals surface area contributed by atoms with Gasteiger partial charge in [0.05, 0.1) is 0 Å². The minimum atomic E-state index is 0. The topological polar surface area (TPSA) is 41.1 Å². The molecule has 3 nitrogen and oxygen atoms in total. The fourth-order valence-corrected chi connectivity index (χ4v) is 3.39. The van der Waals surface area contributed by atoms with Crippen molar-refractivity contribution >= 4 is 18.3 Å². The first-order valence-corrected chi connectivity index (χ1v) is 7.88. The third kappa shape index (κ3) is 5.15. The van der Waals surface area contributed by atoms with E-state index in [-0.39, 0.29) is 29.8 Å². The maximum atomic E-state index is 12.0. The first kappa shape index (κ1) is 18.2. The summed E-state index contributed by atoms with van der Waals surface area (Å²) in [5.41, 5.74) is 2.98. The summed E-state index contributed by atoms with van der Waals surface area (Å²) in [6.45, 7) is 8.72. The fraction of sp³-hybridized carbons (Fsp3) is 0.706. The van der Waals surface area contributed by atoms with E-state index >= 15 is 0 Å². The predicted molar refractivity (Wildman–Crippen MR) is 90.8 cm³/mol. The van der Waals surface area contributed by atoms with Gasteiger partial charge in [0.15, 0.2) is 0 Å². The zero-order chi connectivity index (χ0) is 14.6. The lowest BCUT2D eigenvalue weighted by molar-refractivity contribution is -0.117. The van der Waals surface area contributed by atoms with Gasteiger partial charge in [-0.1, -0.05) is 25.5 Å². The quantitative estimate of drug-likeness (QED) is 0.785.